The van der Waals surface area contributed by atoms with Gasteiger partial charge in [-0.15, -0.1) is 0 Å². The molecule has 104 valence electrons. The zero-order valence-corrected chi connectivity index (χ0v) is 10.2. The molecule has 1 aliphatic heterocycles. The highest BCUT2D eigenvalue weighted by molar-refractivity contribution is 5.75. The van der Waals surface area contributed by atoms with Gasteiger partial charge in [0.2, 0.25) is 0 Å². The number of aliphatic hydroxyl groups excluding tert-OH is 2. The number of rotatable bonds is 6. The summed E-state index contributed by atoms with van der Waals surface area (Å²) in [6, 6.07) is -0.243. The molecule has 2 amide bonds. The molecule has 1 heterocycles. The maximum atomic E-state index is 11.7. The number of amides is 2. The topological polar surface area (TPSA) is 110 Å². The number of aliphatic hydroxyl groups is 2. The van der Waals surface area contributed by atoms with E-state index >= 15 is 0 Å². The third kappa shape index (κ3) is 4.50. The summed E-state index contributed by atoms with van der Waals surface area (Å²) in [6.07, 6.45) is 0.133. The lowest BCUT2D eigenvalue weighted by Gasteiger charge is -2.17. The Balaban J connectivity index is 2.20. The third-order valence-corrected chi connectivity index (χ3v) is 3.09. The van der Waals surface area contributed by atoms with Crippen LogP contribution in [-0.2, 0) is 4.79 Å². The summed E-state index contributed by atoms with van der Waals surface area (Å²) in [6.45, 7) is 1.53. The average Bonchev–Trinajstić information content (AvgIpc) is 2.77. The van der Waals surface area contributed by atoms with Crippen molar-refractivity contribution in [3.8, 4) is 0 Å². The van der Waals surface area contributed by atoms with Gasteiger partial charge in [0, 0.05) is 32.7 Å². The Morgan fingerprint density at radius 2 is 2.17 bits per heavy atom. The van der Waals surface area contributed by atoms with Gasteiger partial charge >= 0.3 is 12.0 Å². The lowest BCUT2D eigenvalue weighted by molar-refractivity contribution is -0.146. The van der Waals surface area contributed by atoms with Crippen molar-refractivity contribution >= 4 is 12.0 Å². The minimum atomic E-state index is -1.44. The molecule has 1 fully saturated rings. The summed E-state index contributed by atoms with van der Waals surface area (Å²) in [4.78, 5) is 23.7. The van der Waals surface area contributed by atoms with Gasteiger partial charge in [-0.05, 0) is 18.8 Å². The zero-order valence-electron chi connectivity index (χ0n) is 10.2. The molecule has 1 saturated heterocycles. The van der Waals surface area contributed by atoms with Crippen LogP contribution in [0.2, 0.25) is 0 Å². The number of carbonyl (C=O) groups is 2. The molecule has 0 aromatic carbocycles. The van der Waals surface area contributed by atoms with Crippen LogP contribution in [0.3, 0.4) is 0 Å². The molecule has 2 atom stereocenters. The molecule has 0 spiro atoms. The molecule has 7 heteroatoms. The number of carboxylic acids is 1. The molecular weight excluding hydrogens is 240 g/mol. The molecule has 4 N–H and O–H groups in total. The van der Waals surface area contributed by atoms with Crippen LogP contribution < -0.4 is 5.32 Å². The molecule has 1 unspecified atom stereocenters. The quantitative estimate of drug-likeness (QED) is 0.501. The van der Waals surface area contributed by atoms with Crippen molar-refractivity contribution < 1.29 is 24.9 Å². The van der Waals surface area contributed by atoms with Crippen LogP contribution in [0.25, 0.3) is 0 Å². The highest BCUT2D eigenvalue weighted by Gasteiger charge is 2.25. The summed E-state index contributed by atoms with van der Waals surface area (Å²) in [5.74, 6) is -0.946. The van der Waals surface area contributed by atoms with Gasteiger partial charge < -0.3 is 25.5 Å². The normalized spacial score (nSPS) is 20.8. The first-order valence-electron chi connectivity index (χ1n) is 6.09. The number of hydrogen-bond acceptors (Lipinski definition) is 4. The SMILES string of the molecule is O=C(O)[C@@H](O)CCNC(=O)N1CCC(CCO)C1. The second-order valence-electron chi connectivity index (χ2n) is 4.49. The van der Waals surface area contributed by atoms with Crippen molar-refractivity contribution in [3.05, 3.63) is 0 Å². The molecule has 18 heavy (non-hydrogen) atoms. The number of nitrogens with one attached hydrogen (secondary N) is 1. The highest BCUT2D eigenvalue weighted by Crippen LogP contribution is 2.18. The number of urea groups is 1. The summed E-state index contributed by atoms with van der Waals surface area (Å²) < 4.78 is 0. The monoisotopic (exact) mass is 260 g/mol. The van der Waals surface area contributed by atoms with Crippen molar-refractivity contribution in [3.63, 3.8) is 0 Å². The van der Waals surface area contributed by atoms with Crippen molar-refractivity contribution in [1.29, 1.82) is 0 Å². The predicted molar refractivity (Wildman–Crippen MR) is 63.0 cm³/mol. The number of nitrogens with zero attached hydrogens (tertiary/aromatic N) is 1. The van der Waals surface area contributed by atoms with Gasteiger partial charge in [-0.25, -0.2) is 9.59 Å². The summed E-state index contributed by atoms with van der Waals surface area (Å²) in [7, 11) is 0. The first kappa shape index (κ1) is 14.7. The number of hydrogen-bond donors (Lipinski definition) is 4. The van der Waals surface area contributed by atoms with Crippen LogP contribution >= 0.6 is 0 Å². The minimum absolute atomic E-state index is 0.00498. The fraction of sp³-hybridized carbons (Fsp3) is 0.818. The summed E-state index contributed by atoms with van der Waals surface area (Å²) in [5.41, 5.74) is 0. The first-order valence-corrected chi connectivity index (χ1v) is 6.09. The number of likely N-dealkylation sites (tertiary alicyclic amines) is 1. The Morgan fingerprint density at radius 1 is 1.44 bits per heavy atom. The van der Waals surface area contributed by atoms with E-state index in [9.17, 15) is 9.59 Å². The molecule has 0 aromatic heterocycles. The van der Waals surface area contributed by atoms with E-state index in [1.165, 1.54) is 0 Å². The number of carboxylic acid groups (broad SMARTS) is 1. The van der Waals surface area contributed by atoms with E-state index in [0.29, 0.717) is 25.4 Å². The van der Waals surface area contributed by atoms with E-state index in [-0.39, 0.29) is 25.6 Å². The van der Waals surface area contributed by atoms with E-state index in [1.807, 2.05) is 0 Å². The Bertz CT molecular complexity index is 297. The maximum Gasteiger partial charge on any atom is 0.332 e. The molecular formula is C11H20N2O5. The number of carbonyl (C=O) groups excluding carboxylic acids is 1. The van der Waals surface area contributed by atoms with Gasteiger partial charge in [0.25, 0.3) is 0 Å². The van der Waals surface area contributed by atoms with Gasteiger partial charge in [-0.3, -0.25) is 0 Å². The summed E-state index contributed by atoms with van der Waals surface area (Å²) in [5, 5.41) is 28.9. The molecule has 0 aromatic rings. The predicted octanol–water partition coefficient (Wildman–Crippen LogP) is -0.764. The van der Waals surface area contributed by atoms with Crippen LogP contribution in [0.4, 0.5) is 4.79 Å². The fourth-order valence-electron chi connectivity index (χ4n) is 1.99. The van der Waals surface area contributed by atoms with Crippen molar-refractivity contribution in [2.24, 2.45) is 5.92 Å². The fourth-order valence-corrected chi connectivity index (χ4v) is 1.99. The zero-order chi connectivity index (χ0) is 13.5. The van der Waals surface area contributed by atoms with Crippen LogP contribution in [-0.4, -0.2) is 64.6 Å². The standard InChI is InChI=1S/C11H20N2O5/c14-6-3-8-2-5-13(7-8)11(18)12-4-1-9(15)10(16)17/h8-9,14-15H,1-7H2,(H,12,18)(H,16,17)/t8?,9-/m0/s1. The van der Waals surface area contributed by atoms with Crippen LogP contribution in [0.5, 0.6) is 0 Å². The van der Waals surface area contributed by atoms with E-state index in [0.717, 1.165) is 6.42 Å². The van der Waals surface area contributed by atoms with E-state index < -0.39 is 12.1 Å². The van der Waals surface area contributed by atoms with Crippen molar-refractivity contribution in [2.45, 2.75) is 25.4 Å². The van der Waals surface area contributed by atoms with Gasteiger partial charge in [0.15, 0.2) is 6.10 Å². The Hall–Kier alpha value is -1.34. The molecule has 7 nitrogen and oxygen atoms in total. The molecule has 0 saturated carbocycles. The maximum absolute atomic E-state index is 11.7. The van der Waals surface area contributed by atoms with Crippen LogP contribution in [0.15, 0.2) is 0 Å². The third-order valence-electron chi connectivity index (χ3n) is 3.09. The van der Waals surface area contributed by atoms with Crippen LogP contribution in [0.1, 0.15) is 19.3 Å². The summed E-state index contributed by atoms with van der Waals surface area (Å²) >= 11 is 0. The average molecular weight is 260 g/mol. The second kappa shape index (κ2) is 7.17. The van der Waals surface area contributed by atoms with E-state index in [2.05, 4.69) is 5.32 Å². The van der Waals surface area contributed by atoms with Gasteiger partial charge in [-0.1, -0.05) is 0 Å². The van der Waals surface area contributed by atoms with Crippen molar-refractivity contribution in [1.82, 2.24) is 10.2 Å². The van der Waals surface area contributed by atoms with Gasteiger partial charge in [0.1, 0.15) is 0 Å². The lowest BCUT2D eigenvalue weighted by atomic mass is 10.1. The molecule has 1 aliphatic rings. The van der Waals surface area contributed by atoms with Crippen molar-refractivity contribution in [2.75, 3.05) is 26.2 Å². The highest BCUT2D eigenvalue weighted by atomic mass is 16.4. The molecule has 0 aliphatic carbocycles. The molecule has 1 rings (SSSR count). The van der Waals surface area contributed by atoms with Gasteiger partial charge in [0.05, 0.1) is 0 Å². The van der Waals surface area contributed by atoms with E-state index in [1.54, 1.807) is 4.90 Å². The first-order chi connectivity index (χ1) is 8.54. The Labute approximate surface area is 105 Å². The largest absolute Gasteiger partial charge is 0.479 e. The minimum Gasteiger partial charge on any atom is -0.479 e. The lowest BCUT2D eigenvalue weighted by Crippen LogP contribution is -2.40. The smallest absolute Gasteiger partial charge is 0.332 e. The molecule has 0 bridgehead atoms. The Kier molecular flexibility index (Phi) is 5.87. The Morgan fingerprint density at radius 3 is 2.78 bits per heavy atom. The van der Waals surface area contributed by atoms with E-state index in [4.69, 9.17) is 15.3 Å². The second-order valence-corrected chi connectivity index (χ2v) is 4.49. The number of aliphatic carboxylic acids is 1. The van der Waals surface area contributed by atoms with Gasteiger partial charge in [-0.2, -0.15) is 0 Å². The molecule has 0 radical (unpaired) electrons. The van der Waals surface area contributed by atoms with Crippen LogP contribution in [0, 0.1) is 5.92 Å².